The predicted octanol–water partition coefficient (Wildman–Crippen LogP) is 4.10. The fourth-order valence-electron chi connectivity index (χ4n) is 2.16. The Hall–Kier alpha value is -0.530. The quantitative estimate of drug-likeness (QED) is 0.718. The number of alkyl halides is 1. The maximum atomic E-state index is 6.40. The van der Waals surface area contributed by atoms with Crippen LogP contribution in [0.15, 0.2) is 24.3 Å². The lowest BCUT2D eigenvalue weighted by Gasteiger charge is -2.15. The Kier molecular flexibility index (Phi) is 4.25. The monoisotopic (exact) mass is 238 g/mol. The summed E-state index contributed by atoms with van der Waals surface area (Å²) in [4.78, 5) is 0. The van der Waals surface area contributed by atoms with Gasteiger partial charge in [0.15, 0.2) is 0 Å². The van der Waals surface area contributed by atoms with Crippen LogP contribution in [0.3, 0.4) is 0 Å². The van der Waals surface area contributed by atoms with Crippen LogP contribution in [0.1, 0.15) is 42.7 Å². The molecule has 2 rings (SSSR count). The first-order chi connectivity index (χ1) is 7.79. The molecule has 1 nitrogen and oxygen atoms in total. The van der Waals surface area contributed by atoms with Crippen LogP contribution in [0, 0.1) is 0 Å². The Bertz CT molecular complexity index is 314. The van der Waals surface area contributed by atoms with Crippen molar-refractivity contribution in [3.63, 3.8) is 0 Å². The normalized spacial score (nSPS) is 22.2. The van der Waals surface area contributed by atoms with E-state index in [1.165, 1.54) is 17.5 Å². The van der Waals surface area contributed by atoms with E-state index in [-0.39, 0.29) is 5.38 Å². The third-order valence-corrected chi connectivity index (χ3v) is 3.67. The lowest BCUT2D eigenvalue weighted by atomic mass is 10.0. The minimum atomic E-state index is 0.0917. The van der Waals surface area contributed by atoms with Crippen LogP contribution in [-0.2, 0) is 11.2 Å². The van der Waals surface area contributed by atoms with Gasteiger partial charge in [0, 0.05) is 6.61 Å². The number of hydrogen-bond acceptors (Lipinski definition) is 1. The summed E-state index contributed by atoms with van der Waals surface area (Å²) in [7, 11) is 0. The first kappa shape index (κ1) is 11.9. The first-order valence-electron chi connectivity index (χ1n) is 6.14. The van der Waals surface area contributed by atoms with Crippen LogP contribution in [-0.4, -0.2) is 12.7 Å². The lowest BCUT2D eigenvalue weighted by Crippen LogP contribution is -2.08. The molecule has 0 aromatic heterocycles. The molecule has 88 valence electrons. The van der Waals surface area contributed by atoms with Crippen LogP contribution in [0.2, 0.25) is 0 Å². The molecule has 1 fully saturated rings. The van der Waals surface area contributed by atoms with Gasteiger partial charge in [-0.05, 0) is 36.8 Å². The zero-order valence-corrected chi connectivity index (χ0v) is 10.5. The molecular weight excluding hydrogens is 220 g/mol. The molecule has 1 aliphatic heterocycles. The van der Waals surface area contributed by atoms with Crippen molar-refractivity contribution in [3.8, 4) is 0 Å². The molecule has 1 aromatic carbocycles. The average Bonchev–Trinajstić information content (AvgIpc) is 2.82. The number of rotatable bonds is 4. The minimum absolute atomic E-state index is 0.0917. The zero-order valence-electron chi connectivity index (χ0n) is 9.79. The van der Waals surface area contributed by atoms with Gasteiger partial charge in [-0.1, -0.05) is 31.2 Å². The second-order valence-corrected chi connectivity index (χ2v) is 4.96. The highest BCUT2D eigenvalue weighted by Gasteiger charge is 2.20. The lowest BCUT2D eigenvalue weighted by molar-refractivity contribution is 0.103. The van der Waals surface area contributed by atoms with Crippen LogP contribution in [0.5, 0.6) is 0 Å². The number of aryl methyl sites for hydroxylation is 1. The third-order valence-electron chi connectivity index (χ3n) is 3.24. The molecule has 2 atom stereocenters. The van der Waals surface area contributed by atoms with Crippen molar-refractivity contribution >= 4 is 11.6 Å². The molecular formula is C14H19ClO. The van der Waals surface area contributed by atoms with E-state index in [1.54, 1.807) is 0 Å². The van der Waals surface area contributed by atoms with Crippen molar-refractivity contribution in [2.24, 2.45) is 0 Å². The fourth-order valence-corrected chi connectivity index (χ4v) is 2.50. The molecule has 0 aliphatic carbocycles. The van der Waals surface area contributed by atoms with Gasteiger partial charge in [0.2, 0.25) is 0 Å². The summed E-state index contributed by atoms with van der Waals surface area (Å²) in [5.41, 5.74) is 2.58. The Morgan fingerprint density at radius 1 is 1.38 bits per heavy atom. The topological polar surface area (TPSA) is 9.23 Å². The van der Waals surface area contributed by atoms with Crippen LogP contribution in [0.25, 0.3) is 0 Å². The van der Waals surface area contributed by atoms with E-state index < -0.39 is 0 Å². The van der Waals surface area contributed by atoms with Gasteiger partial charge >= 0.3 is 0 Å². The van der Waals surface area contributed by atoms with Gasteiger partial charge in [0.1, 0.15) is 0 Å². The van der Waals surface area contributed by atoms with Gasteiger partial charge in [-0.3, -0.25) is 0 Å². The summed E-state index contributed by atoms with van der Waals surface area (Å²) in [6.07, 6.45) is 4.74. The summed E-state index contributed by atoms with van der Waals surface area (Å²) in [5, 5.41) is 0.0917. The van der Waals surface area contributed by atoms with Gasteiger partial charge < -0.3 is 4.74 Å². The van der Waals surface area contributed by atoms with Crippen LogP contribution in [0.4, 0.5) is 0 Å². The average molecular weight is 239 g/mol. The summed E-state index contributed by atoms with van der Waals surface area (Å²) >= 11 is 6.40. The number of halogens is 1. The summed E-state index contributed by atoms with van der Waals surface area (Å²) in [6, 6.07) is 8.62. The van der Waals surface area contributed by atoms with Crippen molar-refractivity contribution in [1.82, 2.24) is 0 Å². The van der Waals surface area contributed by atoms with Crippen molar-refractivity contribution in [3.05, 3.63) is 35.4 Å². The highest BCUT2D eigenvalue weighted by Crippen LogP contribution is 2.30. The van der Waals surface area contributed by atoms with Gasteiger partial charge in [-0.2, -0.15) is 0 Å². The van der Waals surface area contributed by atoms with E-state index in [2.05, 4.69) is 31.2 Å². The summed E-state index contributed by atoms with van der Waals surface area (Å²) in [5.74, 6) is 0. The molecule has 0 radical (unpaired) electrons. The molecule has 1 aliphatic rings. The molecule has 0 amide bonds. The highest BCUT2D eigenvalue weighted by molar-refractivity contribution is 6.20. The molecule has 1 aromatic rings. The minimum Gasteiger partial charge on any atom is -0.378 e. The summed E-state index contributed by atoms with van der Waals surface area (Å²) in [6.45, 7) is 3.07. The Labute approximate surface area is 103 Å². The first-order valence-corrected chi connectivity index (χ1v) is 6.57. The maximum Gasteiger partial charge on any atom is 0.0609 e. The standard InChI is InChI=1S/C14H19ClO/c1-2-11-5-7-12(8-6-11)14(15)10-13-4-3-9-16-13/h5-8,13-14H,2-4,9-10H2,1H3. The van der Waals surface area contributed by atoms with E-state index in [1.807, 2.05) is 0 Å². The number of benzene rings is 1. The van der Waals surface area contributed by atoms with E-state index >= 15 is 0 Å². The molecule has 2 heteroatoms. The Morgan fingerprint density at radius 2 is 2.12 bits per heavy atom. The highest BCUT2D eigenvalue weighted by atomic mass is 35.5. The van der Waals surface area contributed by atoms with Crippen molar-refractivity contribution in [1.29, 1.82) is 0 Å². The third kappa shape index (κ3) is 2.99. The Balaban J connectivity index is 1.94. The summed E-state index contributed by atoms with van der Waals surface area (Å²) < 4.78 is 5.61. The van der Waals surface area contributed by atoms with Crippen LogP contribution >= 0.6 is 11.6 Å². The second-order valence-electron chi connectivity index (χ2n) is 4.43. The van der Waals surface area contributed by atoms with E-state index in [9.17, 15) is 0 Å². The smallest absolute Gasteiger partial charge is 0.0609 e. The molecule has 0 spiro atoms. The molecule has 0 N–H and O–H groups in total. The largest absolute Gasteiger partial charge is 0.378 e. The fraction of sp³-hybridized carbons (Fsp3) is 0.571. The van der Waals surface area contributed by atoms with Gasteiger partial charge in [-0.15, -0.1) is 11.6 Å². The second kappa shape index (κ2) is 5.70. The predicted molar refractivity (Wildman–Crippen MR) is 68.0 cm³/mol. The molecule has 16 heavy (non-hydrogen) atoms. The van der Waals surface area contributed by atoms with Gasteiger partial charge in [0.05, 0.1) is 11.5 Å². The zero-order chi connectivity index (χ0) is 11.4. The van der Waals surface area contributed by atoms with Crippen molar-refractivity contribution in [2.45, 2.75) is 44.1 Å². The number of ether oxygens (including phenoxy) is 1. The van der Waals surface area contributed by atoms with Crippen LogP contribution < -0.4 is 0 Å². The van der Waals surface area contributed by atoms with Gasteiger partial charge in [0.25, 0.3) is 0 Å². The molecule has 1 heterocycles. The molecule has 1 saturated heterocycles. The Morgan fingerprint density at radius 3 is 2.69 bits per heavy atom. The molecule has 0 saturated carbocycles. The van der Waals surface area contributed by atoms with E-state index in [0.717, 1.165) is 25.9 Å². The van der Waals surface area contributed by atoms with E-state index in [0.29, 0.717) is 6.10 Å². The van der Waals surface area contributed by atoms with Crippen molar-refractivity contribution in [2.75, 3.05) is 6.61 Å². The van der Waals surface area contributed by atoms with Crippen molar-refractivity contribution < 1.29 is 4.74 Å². The SMILES string of the molecule is CCc1ccc(C(Cl)CC2CCCO2)cc1. The number of hydrogen-bond donors (Lipinski definition) is 0. The van der Waals surface area contributed by atoms with E-state index in [4.69, 9.17) is 16.3 Å². The molecule has 2 unspecified atom stereocenters. The maximum absolute atomic E-state index is 6.40. The molecule has 0 bridgehead atoms. The van der Waals surface area contributed by atoms with Gasteiger partial charge in [-0.25, -0.2) is 0 Å².